The van der Waals surface area contributed by atoms with Gasteiger partial charge < -0.3 is 16.4 Å². The summed E-state index contributed by atoms with van der Waals surface area (Å²) in [6, 6.07) is 4.95. The Labute approximate surface area is 122 Å². The van der Waals surface area contributed by atoms with Gasteiger partial charge in [0.25, 0.3) is 0 Å². The highest BCUT2D eigenvalue weighted by molar-refractivity contribution is 6.34. The Kier molecular flexibility index (Phi) is 4.30. The van der Waals surface area contributed by atoms with Gasteiger partial charge in [0.1, 0.15) is 0 Å². The molecule has 1 aromatic rings. The lowest BCUT2D eigenvalue weighted by atomic mass is 9.77. The first-order valence-electron chi connectivity index (χ1n) is 6.64. The number of benzene rings is 1. The Morgan fingerprint density at radius 3 is 2.60 bits per heavy atom. The van der Waals surface area contributed by atoms with E-state index in [4.69, 9.17) is 17.3 Å². The van der Waals surface area contributed by atoms with Gasteiger partial charge in [0.15, 0.2) is 0 Å². The maximum atomic E-state index is 12.1. The quantitative estimate of drug-likeness (QED) is 0.798. The average Bonchev–Trinajstić information content (AvgIpc) is 2.39. The molecule has 1 saturated carbocycles. The third kappa shape index (κ3) is 3.11. The number of rotatable bonds is 4. The van der Waals surface area contributed by atoms with Gasteiger partial charge in [-0.25, -0.2) is 0 Å². The van der Waals surface area contributed by atoms with Crippen LogP contribution >= 0.6 is 11.6 Å². The van der Waals surface area contributed by atoms with E-state index in [1.807, 2.05) is 0 Å². The average molecular weight is 296 g/mol. The predicted octanol–water partition coefficient (Wildman–Crippen LogP) is 2.51. The van der Waals surface area contributed by atoms with Crippen molar-refractivity contribution in [2.75, 3.05) is 10.6 Å². The van der Waals surface area contributed by atoms with Crippen molar-refractivity contribution >= 4 is 34.8 Å². The minimum Gasteiger partial charge on any atom is -0.326 e. The van der Waals surface area contributed by atoms with Gasteiger partial charge in [-0.15, -0.1) is 0 Å². The molecule has 0 spiro atoms. The first-order valence-corrected chi connectivity index (χ1v) is 7.02. The first kappa shape index (κ1) is 14.8. The summed E-state index contributed by atoms with van der Waals surface area (Å²) in [4.78, 5) is 23.4. The van der Waals surface area contributed by atoms with Gasteiger partial charge in [-0.3, -0.25) is 9.59 Å². The zero-order chi connectivity index (χ0) is 14.8. The summed E-state index contributed by atoms with van der Waals surface area (Å²) in [6.07, 6.45) is 2.71. The van der Waals surface area contributed by atoms with Gasteiger partial charge in [-0.05, 0) is 37.5 Å². The van der Waals surface area contributed by atoms with E-state index < -0.39 is 5.54 Å². The number of hydrogen-bond acceptors (Lipinski definition) is 3. The van der Waals surface area contributed by atoms with Gasteiger partial charge in [0.05, 0.1) is 16.2 Å². The third-order valence-corrected chi connectivity index (χ3v) is 3.85. The van der Waals surface area contributed by atoms with Crippen LogP contribution in [0.3, 0.4) is 0 Å². The van der Waals surface area contributed by atoms with E-state index in [-0.39, 0.29) is 11.8 Å². The Morgan fingerprint density at radius 2 is 2.05 bits per heavy atom. The van der Waals surface area contributed by atoms with E-state index in [1.165, 1.54) is 0 Å². The predicted molar refractivity (Wildman–Crippen MR) is 79.8 cm³/mol. The SMILES string of the molecule is CCC(=O)Nc1ccc(Cl)c(NC(=O)C2(N)CCC2)c1. The molecule has 6 heteroatoms. The molecule has 0 bridgehead atoms. The van der Waals surface area contributed by atoms with Gasteiger partial charge in [0, 0.05) is 12.1 Å². The van der Waals surface area contributed by atoms with Gasteiger partial charge in [0.2, 0.25) is 11.8 Å². The smallest absolute Gasteiger partial charge is 0.244 e. The Hall–Kier alpha value is -1.59. The topological polar surface area (TPSA) is 84.2 Å². The summed E-state index contributed by atoms with van der Waals surface area (Å²) in [5.41, 5.74) is 6.23. The van der Waals surface area contributed by atoms with E-state index in [1.54, 1.807) is 25.1 Å². The molecule has 1 aliphatic rings. The number of nitrogens with one attached hydrogen (secondary N) is 2. The standard InChI is InChI=1S/C14H18ClN3O2/c1-2-12(19)17-9-4-5-10(15)11(8-9)18-13(20)14(16)6-3-7-14/h4-5,8H,2-3,6-7,16H2,1H3,(H,17,19)(H,18,20). The Morgan fingerprint density at radius 1 is 1.35 bits per heavy atom. The van der Waals surface area contributed by atoms with E-state index >= 15 is 0 Å². The zero-order valence-corrected chi connectivity index (χ0v) is 12.1. The van der Waals surface area contributed by atoms with Gasteiger partial charge in [-0.2, -0.15) is 0 Å². The highest BCUT2D eigenvalue weighted by Crippen LogP contribution is 2.32. The molecule has 1 aromatic carbocycles. The lowest BCUT2D eigenvalue weighted by Gasteiger charge is -2.36. The van der Waals surface area contributed by atoms with Crippen molar-refractivity contribution in [2.45, 2.75) is 38.1 Å². The molecule has 0 saturated heterocycles. The number of halogens is 1. The summed E-state index contributed by atoms with van der Waals surface area (Å²) in [6.45, 7) is 1.77. The van der Waals surface area contributed by atoms with Crippen LogP contribution in [0.25, 0.3) is 0 Å². The van der Waals surface area contributed by atoms with Crippen molar-refractivity contribution in [1.29, 1.82) is 0 Å². The fraction of sp³-hybridized carbons (Fsp3) is 0.429. The molecule has 1 aliphatic carbocycles. The molecule has 0 aromatic heterocycles. The third-order valence-electron chi connectivity index (χ3n) is 3.52. The van der Waals surface area contributed by atoms with Crippen molar-refractivity contribution in [3.05, 3.63) is 23.2 Å². The second kappa shape index (κ2) is 5.81. The molecule has 2 amide bonds. The molecule has 1 fully saturated rings. The van der Waals surface area contributed by atoms with Crippen molar-refractivity contribution in [3.8, 4) is 0 Å². The molecule has 0 aliphatic heterocycles. The van der Waals surface area contributed by atoms with Crippen LogP contribution in [0.1, 0.15) is 32.6 Å². The number of hydrogen-bond donors (Lipinski definition) is 3. The number of carbonyl (C=O) groups is 2. The second-order valence-corrected chi connectivity index (χ2v) is 5.47. The monoisotopic (exact) mass is 295 g/mol. The minimum atomic E-state index is -0.786. The zero-order valence-electron chi connectivity index (χ0n) is 11.3. The van der Waals surface area contributed by atoms with Gasteiger partial charge >= 0.3 is 0 Å². The Bertz CT molecular complexity index is 541. The summed E-state index contributed by atoms with van der Waals surface area (Å²) < 4.78 is 0. The van der Waals surface area contributed by atoms with Crippen LogP contribution in [0.2, 0.25) is 5.02 Å². The van der Waals surface area contributed by atoms with Crippen LogP contribution in [-0.4, -0.2) is 17.4 Å². The second-order valence-electron chi connectivity index (χ2n) is 5.06. The number of amides is 2. The first-order chi connectivity index (χ1) is 9.44. The summed E-state index contributed by atoms with van der Waals surface area (Å²) in [5.74, 6) is -0.330. The number of anilines is 2. The highest BCUT2D eigenvalue weighted by Gasteiger charge is 2.40. The van der Waals surface area contributed by atoms with E-state index in [9.17, 15) is 9.59 Å². The van der Waals surface area contributed by atoms with Crippen LogP contribution in [-0.2, 0) is 9.59 Å². The van der Waals surface area contributed by atoms with Crippen LogP contribution < -0.4 is 16.4 Å². The summed E-state index contributed by atoms with van der Waals surface area (Å²) in [5, 5.41) is 5.87. The summed E-state index contributed by atoms with van der Waals surface area (Å²) in [7, 11) is 0. The maximum absolute atomic E-state index is 12.1. The van der Waals surface area contributed by atoms with Crippen LogP contribution in [0, 0.1) is 0 Å². The minimum absolute atomic E-state index is 0.0983. The molecule has 108 valence electrons. The fourth-order valence-corrected chi connectivity index (χ4v) is 2.14. The highest BCUT2D eigenvalue weighted by atomic mass is 35.5. The lowest BCUT2D eigenvalue weighted by molar-refractivity contribution is -0.123. The largest absolute Gasteiger partial charge is 0.326 e. The van der Waals surface area contributed by atoms with Crippen LogP contribution in [0.15, 0.2) is 18.2 Å². The molecule has 4 N–H and O–H groups in total. The van der Waals surface area contributed by atoms with Crippen molar-refractivity contribution in [3.63, 3.8) is 0 Å². The van der Waals surface area contributed by atoms with E-state index in [2.05, 4.69) is 10.6 Å². The number of nitrogens with two attached hydrogens (primary N) is 1. The number of carbonyl (C=O) groups excluding carboxylic acids is 2. The van der Waals surface area contributed by atoms with Crippen LogP contribution in [0.4, 0.5) is 11.4 Å². The molecule has 2 rings (SSSR count). The fourth-order valence-electron chi connectivity index (χ4n) is 1.98. The molecule has 20 heavy (non-hydrogen) atoms. The molecular weight excluding hydrogens is 278 g/mol. The molecule has 5 nitrogen and oxygen atoms in total. The van der Waals surface area contributed by atoms with Crippen molar-refractivity contribution in [2.24, 2.45) is 5.73 Å². The van der Waals surface area contributed by atoms with Crippen molar-refractivity contribution in [1.82, 2.24) is 0 Å². The lowest BCUT2D eigenvalue weighted by Crippen LogP contribution is -2.56. The maximum Gasteiger partial charge on any atom is 0.244 e. The molecule has 0 heterocycles. The molecule has 0 atom stereocenters. The Balaban J connectivity index is 2.12. The molecular formula is C14H18ClN3O2. The van der Waals surface area contributed by atoms with Gasteiger partial charge in [-0.1, -0.05) is 18.5 Å². The van der Waals surface area contributed by atoms with Crippen LogP contribution in [0.5, 0.6) is 0 Å². The van der Waals surface area contributed by atoms with E-state index in [0.717, 1.165) is 6.42 Å². The molecule has 0 unspecified atom stereocenters. The van der Waals surface area contributed by atoms with E-state index in [0.29, 0.717) is 35.7 Å². The molecule has 0 radical (unpaired) electrons. The van der Waals surface area contributed by atoms with Crippen molar-refractivity contribution < 1.29 is 9.59 Å². The summed E-state index contributed by atoms with van der Waals surface area (Å²) >= 11 is 6.05. The normalized spacial score (nSPS) is 16.1.